The van der Waals surface area contributed by atoms with Crippen LogP contribution in [0.1, 0.15) is 56.6 Å². The molecule has 39 heavy (non-hydrogen) atoms. The molecule has 204 valence electrons. The molecule has 3 heterocycles. The van der Waals surface area contributed by atoms with E-state index >= 15 is 0 Å². The number of ether oxygens (including phenoxy) is 1. The highest BCUT2D eigenvalue weighted by molar-refractivity contribution is 6.30. The fraction of sp³-hybridized carbons (Fsp3) is 0.414. The third-order valence-electron chi connectivity index (χ3n) is 7.36. The Labute approximate surface area is 233 Å². The molecular formula is C29H34ClN7O2. The maximum Gasteiger partial charge on any atom is 0.323 e. The Hall–Kier alpha value is -3.56. The second-order valence-corrected chi connectivity index (χ2v) is 10.3. The molecule has 0 spiro atoms. The molecule has 5 rings (SSSR count). The van der Waals surface area contributed by atoms with Crippen molar-refractivity contribution in [2.45, 2.75) is 65.1 Å². The van der Waals surface area contributed by atoms with Gasteiger partial charge in [-0.15, -0.1) is 10.2 Å². The molecule has 1 atom stereocenters. The standard InChI is InChI=1S/C29H34ClN7O2/c1-3-4-11-26-31-27(30)25(19-39-29(38)20(2)36-16-7-8-17-36)37(26)18-21-12-14-22(15-13-21)23-9-5-6-10-24(23)28-32-34-35-33-28/h5-6,9-10,12-15,20H,3-4,7-8,11,16-19H2,1-2H3,(H,32,33,34,35)/t20-/m1/s1. The third kappa shape index (κ3) is 6.20. The number of esters is 1. The molecule has 1 fully saturated rings. The molecule has 9 nitrogen and oxygen atoms in total. The lowest BCUT2D eigenvalue weighted by atomic mass is 9.98. The average molecular weight is 548 g/mol. The second kappa shape index (κ2) is 12.5. The molecule has 0 bridgehead atoms. The van der Waals surface area contributed by atoms with Crippen LogP contribution >= 0.6 is 11.6 Å². The number of halogens is 1. The SMILES string of the molecule is CCCCc1nc(Cl)c(COC(=O)[C@@H](C)N2CCCC2)n1Cc1ccc(-c2ccccc2-c2nn[nH]n2)cc1. The van der Waals surface area contributed by atoms with Crippen LogP contribution in [-0.2, 0) is 29.1 Å². The summed E-state index contributed by atoms with van der Waals surface area (Å²) < 4.78 is 7.86. The Morgan fingerprint density at radius 2 is 1.85 bits per heavy atom. The molecule has 1 saturated heterocycles. The van der Waals surface area contributed by atoms with Crippen LogP contribution in [0.15, 0.2) is 48.5 Å². The van der Waals surface area contributed by atoms with E-state index in [9.17, 15) is 4.79 Å². The zero-order valence-corrected chi connectivity index (χ0v) is 23.2. The number of nitrogens with one attached hydrogen (secondary N) is 1. The molecule has 0 aliphatic carbocycles. The van der Waals surface area contributed by atoms with Gasteiger partial charge in [0.15, 0.2) is 5.15 Å². The van der Waals surface area contributed by atoms with Gasteiger partial charge in [0.05, 0.1) is 5.69 Å². The Bertz CT molecular complexity index is 1380. The first kappa shape index (κ1) is 27.0. The molecule has 1 aliphatic heterocycles. The number of unbranched alkanes of at least 4 members (excludes halogenated alkanes) is 1. The van der Waals surface area contributed by atoms with Gasteiger partial charge >= 0.3 is 5.97 Å². The summed E-state index contributed by atoms with van der Waals surface area (Å²) in [7, 11) is 0. The van der Waals surface area contributed by atoms with Gasteiger partial charge in [0.1, 0.15) is 18.5 Å². The van der Waals surface area contributed by atoms with Gasteiger partial charge < -0.3 is 9.30 Å². The fourth-order valence-corrected chi connectivity index (χ4v) is 5.33. The summed E-state index contributed by atoms with van der Waals surface area (Å²) in [5, 5.41) is 14.9. The lowest BCUT2D eigenvalue weighted by molar-refractivity contribution is -0.150. The summed E-state index contributed by atoms with van der Waals surface area (Å²) in [5.74, 6) is 1.24. The van der Waals surface area contributed by atoms with E-state index in [0.717, 1.165) is 79.0 Å². The highest BCUT2D eigenvalue weighted by Gasteiger charge is 2.26. The van der Waals surface area contributed by atoms with Gasteiger partial charge in [-0.05, 0) is 61.2 Å². The lowest BCUT2D eigenvalue weighted by Crippen LogP contribution is -2.38. The summed E-state index contributed by atoms with van der Waals surface area (Å²) in [6.07, 6.45) is 5.11. The number of carbonyl (C=O) groups is 1. The number of benzene rings is 2. The summed E-state index contributed by atoms with van der Waals surface area (Å²) in [6.45, 7) is 6.63. The van der Waals surface area contributed by atoms with Crippen molar-refractivity contribution < 1.29 is 9.53 Å². The minimum Gasteiger partial charge on any atom is -0.458 e. The van der Waals surface area contributed by atoms with Gasteiger partial charge in [-0.25, -0.2) is 4.98 Å². The Morgan fingerprint density at radius 3 is 2.54 bits per heavy atom. The predicted molar refractivity (Wildman–Crippen MR) is 150 cm³/mol. The number of likely N-dealkylation sites (tertiary alicyclic amines) is 1. The minimum absolute atomic E-state index is 0.102. The number of aromatic nitrogens is 6. The summed E-state index contributed by atoms with van der Waals surface area (Å²) in [4.78, 5) is 19.6. The minimum atomic E-state index is -0.259. The van der Waals surface area contributed by atoms with E-state index in [1.807, 2.05) is 25.1 Å². The highest BCUT2D eigenvalue weighted by atomic mass is 35.5. The van der Waals surface area contributed by atoms with Gasteiger partial charge in [0.2, 0.25) is 5.82 Å². The maximum atomic E-state index is 12.8. The molecule has 1 aliphatic rings. The second-order valence-electron chi connectivity index (χ2n) is 9.96. The van der Waals surface area contributed by atoms with Crippen LogP contribution in [0.25, 0.3) is 22.5 Å². The molecule has 10 heteroatoms. The van der Waals surface area contributed by atoms with Crippen molar-refractivity contribution in [3.63, 3.8) is 0 Å². The van der Waals surface area contributed by atoms with E-state index in [2.05, 4.69) is 72.3 Å². The largest absolute Gasteiger partial charge is 0.458 e. The zero-order chi connectivity index (χ0) is 27.2. The molecule has 0 unspecified atom stereocenters. The summed E-state index contributed by atoms with van der Waals surface area (Å²) in [6, 6.07) is 16.1. The number of H-pyrrole nitrogens is 1. The highest BCUT2D eigenvalue weighted by Crippen LogP contribution is 2.30. The van der Waals surface area contributed by atoms with Crippen LogP contribution in [0.2, 0.25) is 5.15 Å². The Morgan fingerprint density at radius 1 is 1.10 bits per heavy atom. The van der Waals surface area contributed by atoms with Crippen LogP contribution in [0.4, 0.5) is 0 Å². The third-order valence-corrected chi connectivity index (χ3v) is 7.66. The number of nitrogens with zero attached hydrogens (tertiary/aromatic N) is 6. The van der Waals surface area contributed by atoms with E-state index in [-0.39, 0.29) is 18.6 Å². The fourth-order valence-electron chi connectivity index (χ4n) is 5.07. The van der Waals surface area contributed by atoms with E-state index < -0.39 is 0 Å². The Kier molecular flexibility index (Phi) is 8.68. The van der Waals surface area contributed by atoms with Crippen molar-refractivity contribution in [3.05, 3.63) is 70.8 Å². The average Bonchev–Trinajstić information content (AvgIpc) is 3.74. The van der Waals surface area contributed by atoms with Crippen LogP contribution < -0.4 is 0 Å². The van der Waals surface area contributed by atoms with E-state index in [1.165, 1.54) is 0 Å². The van der Waals surface area contributed by atoms with Crippen molar-refractivity contribution in [1.82, 2.24) is 35.1 Å². The predicted octanol–water partition coefficient (Wildman–Crippen LogP) is 5.30. The van der Waals surface area contributed by atoms with Crippen LogP contribution in [-0.4, -0.2) is 60.2 Å². The summed E-state index contributed by atoms with van der Waals surface area (Å²) in [5.41, 5.74) is 4.82. The molecule has 0 radical (unpaired) electrons. The van der Waals surface area contributed by atoms with Crippen LogP contribution in [0, 0.1) is 0 Å². The van der Waals surface area contributed by atoms with Crippen molar-refractivity contribution in [3.8, 4) is 22.5 Å². The maximum absolute atomic E-state index is 12.8. The smallest absolute Gasteiger partial charge is 0.323 e. The van der Waals surface area contributed by atoms with E-state index in [1.54, 1.807) is 0 Å². The van der Waals surface area contributed by atoms with Crippen LogP contribution in [0.3, 0.4) is 0 Å². The summed E-state index contributed by atoms with van der Waals surface area (Å²) >= 11 is 6.60. The number of hydrogen-bond donors (Lipinski definition) is 1. The van der Waals surface area contributed by atoms with Crippen LogP contribution in [0.5, 0.6) is 0 Å². The van der Waals surface area contributed by atoms with Gasteiger partial charge in [-0.2, -0.15) is 5.21 Å². The molecule has 2 aromatic carbocycles. The molecule has 2 aromatic heterocycles. The van der Waals surface area contributed by atoms with Crippen molar-refractivity contribution in [1.29, 1.82) is 0 Å². The van der Waals surface area contributed by atoms with Gasteiger partial charge in [-0.3, -0.25) is 9.69 Å². The van der Waals surface area contributed by atoms with Gasteiger partial charge in [-0.1, -0.05) is 73.5 Å². The topological polar surface area (TPSA) is 102 Å². The van der Waals surface area contributed by atoms with E-state index in [4.69, 9.17) is 16.3 Å². The zero-order valence-electron chi connectivity index (χ0n) is 22.4. The molecular weight excluding hydrogens is 514 g/mol. The van der Waals surface area contributed by atoms with Crippen molar-refractivity contribution in [2.24, 2.45) is 0 Å². The number of rotatable bonds is 11. The molecule has 0 saturated carbocycles. The molecule has 4 aromatic rings. The molecule has 0 amide bonds. The first-order chi connectivity index (χ1) is 19.0. The van der Waals surface area contributed by atoms with Gasteiger partial charge in [0, 0.05) is 18.5 Å². The number of aromatic amines is 1. The number of hydrogen-bond acceptors (Lipinski definition) is 7. The van der Waals surface area contributed by atoms with E-state index in [0.29, 0.717) is 17.5 Å². The lowest BCUT2D eigenvalue weighted by Gasteiger charge is -2.22. The number of tetrazole rings is 1. The van der Waals surface area contributed by atoms with Crippen molar-refractivity contribution >= 4 is 17.6 Å². The molecule has 1 N–H and O–H groups in total. The monoisotopic (exact) mass is 547 g/mol. The quantitative estimate of drug-likeness (QED) is 0.254. The van der Waals surface area contributed by atoms with Gasteiger partial charge in [0.25, 0.3) is 0 Å². The first-order valence-electron chi connectivity index (χ1n) is 13.6. The normalized spacial score (nSPS) is 14.5. The Balaban J connectivity index is 1.36. The van der Waals surface area contributed by atoms with Crippen molar-refractivity contribution in [2.75, 3.05) is 13.1 Å². The number of imidazole rings is 1. The first-order valence-corrected chi connectivity index (χ1v) is 14.0. The number of aryl methyl sites for hydroxylation is 1. The number of carbonyl (C=O) groups excluding carboxylic acids is 1.